The number of morpholine rings is 1. The second-order valence-corrected chi connectivity index (χ2v) is 5.42. The van der Waals surface area contributed by atoms with E-state index in [4.69, 9.17) is 16.3 Å². The van der Waals surface area contributed by atoms with Crippen LogP contribution in [0.4, 0.5) is 5.69 Å². The molecule has 18 heavy (non-hydrogen) atoms. The maximum absolute atomic E-state index is 6.08. The van der Waals surface area contributed by atoms with Gasteiger partial charge in [0.05, 0.1) is 23.8 Å². The molecule has 3 nitrogen and oxygen atoms in total. The first kappa shape index (κ1) is 12.2. The summed E-state index contributed by atoms with van der Waals surface area (Å²) in [6.45, 7) is 3.42. The Hall–Kier alpha value is -0.840. The van der Waals surface area contributed by atoms with E-state index in [0.717, 1.165) is 41.7 Å². The third kappa shape index (κ3) is 2.20. The van der Waals surface area contributed by atoms with Gasteiger partial charge in [0, 0.05) is 34.8 Å². The minimum Gasteiger partial charge on any atom is -0.378 e. The molecule has 1 aliphatic rings. The molecule has 0 saturated carbocycles. The van der Waals surface area contributed by atoms with Gasteiger partial charge in [-0.05, 0) is 34.1 Å². The first-order valence-corrected chi connectivity index (χ1v) is 6.99. The summed E-state index contributed by atoms with van der Waals surface area (Å²) in [5.74, 6) is 0. The summed E-state index contributed by atoms with van der Waals surface area (Å²) in [6.07, 6.45) is 1.67. The summed E-state index contributed by atoms with van der Waals surface area (Å²) in [5, 5.41) is 1.69. The smallest absolute Gasteiger partial charge is 0.0737 e. The highest BCUT2D eigenvalue weighted by molar-refractivity contribution is 9.10. The SMILES string of the molecule is Clc1cnc2ccc(N3CCOCC3)cc2c1Br. The first-order valence-electron chi connectivity index (χ1n) is 5.82. The molecular weight excluding hydrogens is 316 g/mol. The molecule has 2 heterocycles. The molecule has 3 rings (SSSR count). The molecule has 1 aromatic heterocycles. The van der Waals surface area contributed by atoms with Crippen LogP contribution in [0, 0.1) is 0 Å². The molecule has 5 heteroatoms. The monoisotopic (exact) mass is 326 g/mol. The van der Waals surface area contributed by atoms with Crippen molar-refractivity contribution in [3.8, 4) is 0 Å². The molecule has 94 valence electrons. The van der Waals surface area contributed by atoms with Gasteiger partial charge in [0.2, 0.25) is 0 Å². The number of hydrogen-bond acceptors (Lipinski definition) is 3. The summed E-state index contributed by atoms with van der Waals surface area (Å²) in [5.41, 5.74) is 2.14. The number of halogens is 2. The van der Waals surface area contributed by atoms with E-state index in [1.165, 1.54) is 5.69 Å². The van der Waals surface area contributed by atoms with Crippen molar-refractivity contribution >= 4 is 44.1 Å². The van der Waals surface area contributed by atoms with Gasteiger partial charge in [-0.3, -0.25) is 4.98 Å². The van der Waals surface area contributed by atoms with Gasteiger partial charge >= 0.3 is 0 Å². The Kier molecular flexibility index (Phi) is 3.41. The average molecular weight is 328 g/mol. The first-order chi connectivity index (χ1) is 8.75. The van der Waals surface area contributed by atoms with E-state index in [0.29, 0.717) is 5.02 Å². The lowest BCUT2D eigenvalue weighted by molar-refractivity contribution is 0.122. The number of fused-ring (bicyclic) bond motifs is 1. The molecule has 0 aliphatic carbocycles. The molecule has 1 saturated heterocycles. The fourth-order valence-electron chi connectivity index (χ4n) is 2.14. The van der Waals surface area contributed by atoms with Gasteiger partial charge in [-0.15, -0.1) is 0 Å². The maximum atomic E-state index is 6.08. The van der Waals surface area contributed by atoms with Crippen LogP contribution in [0.1, 0.15) is 0 Å². The van der Waals surface area contributed by atoms with Crippen molar-refractivity contribution in [1.29, 1.82) is 0 Å². The van der Waals surface area contributed by atoms with E-state index in [-0.39, 0.29) is 0 Å². The molecule has 0 atom stereocenters. The van der Waals surface area contributed by atoms with E-state index in [2.05, 4.69) is 37.9 Å². The topological polar surface area (TPSA) is 25.4 Å². The second kappa shape index (κ2) is 5.03. The lowest BCUT2D eigenvalue weighted by Crippen LogP contribution is -2.36. The zero-order chi connectivity index (χ0) is 12.5. The Labute approximate surface area is 119 Å². The van der Waals surface area contributed by atoms with Crippen molar-refractivity contribution in [2.75, 3.05) is 31.2 Å². The largest absolute Gasteiger partial charge is 0.378 e. The van der Waals surface area contributed by atoms with Gasteiger partial charge < -0.3 is 9.64 Å². The highest BCUT2D eigenvalue weighted by Crippen LogP contribution is 2.32. The molecular formula is C13H12BrClN2O. The van der Waals surface area contributed by atoms with Crippen molar-refractivity contribution in [1.82, 2.24) is 4.98 Å². The van der Waals surface area contributed by atoms with E-state index >= 15 is 0 Å². The molecule has 0 unspecified atom stereocenters. The number of ether oxygens (including phenoxy) is 1. The Morgan fingerprint density at radius 3 is 2.83 bits per heavy atom. The van der Waals surface area contributed by atoms with Gasteiger partial charge in [-0.2, -0.15) is 0 Å². The number of rotatable bonds is 1. The molecule has 0 spiro atoms. The minimum atomic E-state index is 0.640. The van der Waals surface area contributed by atoms with Crippen LogP contribution in [0.15, 0.2) is 28.9 Å². The average Bonchev–Trinajstić information content (AvgIpc) is 2.44. The Balaban J connectivity index is 2.06. The summed E-state index contributed by atoms with van der Waals surface area (Å²) < 4.78 is 6.27. The van der Waals surface area contributed by atoms with Gasteiger partial charge in [0.1, 0.15) is 0 Å². The van der Waals surface area contributed by atoms with E-state index < -0.39 is 0 Å². The number of nitrogens with zero attached hydrogens (tertiary/aromatic N) is 2. The Morgan fingerprint density at radius 1 is 1.28 bits per heavy atom. The van der Waals surface area contributed by atoms with Gasteiger partial charge in [0.15, 0.2) is 0 Å². The predicted molar refractivity (Wildman–Crippen MR) is 77.5 cm³/mol. The van der Waals surface area contributed by atoms with Crippen LogP contribution in [0.5, 0.6) is 0 Å². The van der Waals surface area contributed by atoms with E-state index in [1.54, 1.807) is 6.20 Å². The summed E-state index contributed by atoms with van der Waals surface area (Å²) in [7, 11) is 0. The highest BCUT2D eigenvalue weighted by atomic mass is 79.9. The standard InChI is InChI=1S/C13H12BrClN2O/c14-13-10-7-9(17-3-5-18-6-4-17)1-2-12(10)16-8-11(13)15/h1-2,7-8H,3-6H2. The molecule has 0 bridgehead atoms. The highest BCUT2D eigenvalue weighted by Gasteiger charge is 2.13. The van der Waals surface area contributed by atoms with Gasteiger partial charge in [-0.1, -0.05) is 11.6 Å². The molecule has 2 aromatic rings. The van der Waals surface area contributed by atoms with Gasteiger partial charge in [-0.25, -0.2) is 0 Å². The lowest BCUT2D eigenvalue weighted by atomic mass is 10.2. The number of hydrogen-bond donors (Lipinski definition) is 0. The van der Waals surface area contributed by atoms with Crippen LogP contribution in [0.25, 0.3) is 10.9 Å². The van der Waals surface area contributed by atoms with Crippen molar-refractivity contribution in [2.24, 2.45) is 0 Å². The fraction of sp³-hybridized carbons (Fsp3) is 0.308. The van der Waals surface area contributed by atoms with Crippen LogP contribution >= 0.6 is 27.5 Å². The van der Waals surface area contributed by atoms with Crippen LogP contribution in [-0.2, 0) is 4.74 Å². The van der Waals surface area contributed by atoms with Crippen LogP contribution in [-0.4, -0.2) is 31.3 Å². The molecule has 0 N–H and O–H groups in total. The molecule has 1 aromatic carbocycles. The Bertz CT molecular complexity index is 584. The lowest BCUT2D eigenvalue weighted by Gasteiger charge is -2.29. The number of anilines is 1. The Morgan fingerprint density at radius 2 is 2.06 bits per heavy atom. The van der Waals surface area contributed by atoms with Crippen molar-refractivity contribution in [3.05, 3.63) is 33.9 Å². The number of benzene rings is 1. The van der Waals surface area contributed by atoms with Crippen LogP contribution in [0.3, 0.4) is 0 Å². The van der Waals surface area contributed by atoms with Crippen LogP contribution in [0.2, 0.25) is 5.02 Å². The number of pyridine rings is 1. The van der Waals surface area contributed by atoms with E-state index in [1.807, 2.05) is 6.07 Å². The third-order valence-corrected chi connectivity index (χ3v) is 4.49. The zero-order valence-electron chi connectivity index (χ0n) is 9.70. The van der Waals surface area contributed by atoms with Crippen molar-refractivity contribution in [3.63, 3.8) is 0 Å². The number of aromatic nitrogens is 1. The van der Waals surface area contributed by atoms with Crippen molar-refractivity contribution in [2.45, 2.75) is 0 Å². The zero-order valence-corrected chi connectivity index (χ0v) is 12.0. The van der Waals surface area contributed by atoms with E-state index in [9.17, 15) is 0 Å². The molecule has 1 fully saturated rings. The molecule has 0 radical (unpaired) electrons. The second-order valence-electron chi connectivity index (χ2n) is 4.22. The fourth-order valence-corrected chi connectivity index (χ4v) is 2.71. The van der Waals surface area contributed by atoms with Crippen LogP contribution < -0.4 is 4.90 Å². The molecule has 0 amide bonds. The summed E-state index contributed by atoms with van der Waals surface area (Å²) in [6, 6.07) is 6.26. The molecule has 1 aliphatic heterocycles. The minimum absolute atomic E-state index is 0.640. The summed E-state index contributed by atoms with van der Waals surface area (Å²) in [4.78, 5) is 6.64. The maximum Gasteiger partial charge on any atom is 0.0737 e. The van der Waals surface area contributed by atoms with Gasteiger partial charge in [0.25, 0.3) is 0 Å². The predicted octanol–water partition coefficient (Wildman–Crippen LogP) is 3.49. The quantitative estimate of drug-likeness (QED) is 0.802. The normalized spacial score (nSPS) is 16.2. The third-order valence-electron chi connectivity index (χ3n) is 3.12. The summed E-state index contributed by atoms with van der Waals surface area (Å²) >= 11 is 9.61. The van der Waals surface area contributed by atoms with Crippen molar-refractivity contribution < 1.29 is 4.74 Å².